The molecule has 3 aliphatic rings. The molecule has 0 spiro atoms. The van der Waals surface area contributed by atoms with Gasteiger partial charge in [0.15, 0.2) is 5.78 Å². The molecular weight excluding hydrogens is 470 g/mol. The van der Waals surface area contributed by atoms with Crippen LogP contribution in [0.15, 0.2) is 47.5 Å². The van der Waals surface area contributed by atoms with Crippen LogP contribution in [0.3, 0.4) is 0 Å². The number of aromatic hydroxyl groups is 2. The van der Waals surface area contributed by atoms with Crippen molar-refractivity contribution in [3.8, 4) is 11.5 Å². The number of nitrogens with one attached hydrogen (secondary N) is 1. The van der Waals surface area contributed by atoms with Crippen LogP contribution in [0.1, 0.15) is 22.3 Å². The molecule has 0 amide bonds. The summed E-state index contributed by atoms with van der Waals surface area (Å²) in [5, 5.41) is 24.1. The standard InChI is InChI=1S/C29H35N3O5/c33-27-3-1-21(15-25(27)19-31-5-9-36-10-6-31)13-23-17-30-18-24(29(23)35)14-22-2-4-28(34)26(16-22)20-32-7-11-37-12-8-32/h1-4,13-16,30,33-34H,5-12,17-20H2/b23-13+,24-14+. The zero-order chi connectivity index (χ0) is 25.6. The average molecular weight is 506 g/mol. The first-order chi connectivity index (χ1) is 18.0. The van der Waals surface area contributed by atoms with Crippen LogP contribution >= 0.6 is 0 Å². The van der Waals surface area contributed by atoms with E-state index in [1.807, 2.05) is 36.4 Å². The molecule has 0 saturated carbocycles. The van der Waals surface area contributed by atoms with Crippen molar-refractivity contribution in [2.75, 3.05) is 65.7 Å². The molecule has 0 radical (unpaired) electrons. The van der Waals surface area contributed by atoms with Crippen molar-refractivity contribution < 1.29 is 24.5 Å². The number of phenolic OH excluding ortho intramolecular Hbond substituents is 2. The second-order valence-electron chi connectivity index (χ2n) is 9.83. The van der Waals surface area contributed by atoms with Gasteiger partial charge in [-0.2, -0.15) is 0 Å². The first-order valence-electron chi connectivity index (χ1n) is 13.0. The summed E-state index contributed by atoms with van der Waals surface area (Å²) in [6.07, 6.45) is 3.82. The van der Waals surface area contributed by atoms with E-state index in [9.17, 15) is 15.0 Å². The Morgan fingerprint density at radius 3 is 1.59 bits per heavy atom. The Morgan fingerprint density at radius 1 is 0.730 bits per heavy atom. The largest absolute Gasteiger partial charge is 0.508 e. The van der Waals surface area contributed by atoms with Crippen LogP contribution in [0.25, 0.3) is 12.2 Å². The van der Waals surface area contributed by atoms with Gasteiger partial charge in [-0.25, -0.2) is 0 Å². The van der Waals surface area contributed by atoms with Crippen molar-refractivity contribution in [1.29, 1.82) is 0 Å². The second-order valence-corrected chi connectivity index (χ2v) is 9.83. The molecule has 0 aliphatic carbocycles. The van der Waals surface area contributed by atoms with Gasteiger partial charge >= 0.3 is 0 Å². The third-order valence-electron chi connectivity index (χ3n) is 7.10. The maximum absolute atomic E-state index is 13.4. The maximum atomic E-state index is 13.4. The lowest BCUT2D eigenvalue weighted by Gasteiger charge is -2.27. The van der Waals surface area contributed by atoms with Crippen molar-refractivity contribution in [3.63, 3.8) is 0 Å². The molecule has 196 valence electrons. The Morgan fingerprint density at radius 2 is 1.16 bits per heavy atom. The molecule has 37 heavy (non-hydrogen) atoms. The fraction of sp³-hybridized carbons (Fsp3) is 0.414. The molecule has 2 aromatic rings. The van der Waals surface area contributed by atoms with Gasteiger partial charge in [0.2, 0.25) is 0 Å². The summed E-state index contributed by atoms with van der Waals surface area (Å²) in [6.45, 7) is 8.46. The zero-order valence-electron chi connectivity index (χ0n) is 21.1. The highest BCUT2D eigenvalue weighted by atomic mass is 16.5. The van der Waals surface area contributed by atoms with Crippen LogP contribution in [0.4, 0.5) is 0 Å². The molecule has 0 bridgehead atoms. The third-order valence-corrected chi connectivity index (χ3v) is 7.10. The number of phenols is 2. The lowest BCUT2D eigenvalue weighted by Crippen LogP contribution is -2.35. The minimum absolute atomic E-state index is 0.0179. The van der Waals surface area contributed by atoms with E-state index in [2.05, 4.69) is 15.1 Å². The van der Waals surface area contributed by atoms with E-state index < -0.39 is 0 Å². The number of Topliss-reactive ketones (excluding diaryl/α,β-unsaturated/α-hetero) is 1. The lowest BCUT2D eigenvalue weighted by atomic mass is 9.94. The molecule has 5 rings (SSSR count). The minimum atomic E-state index is 0.0179. The molecule has 3 N–H and O–H groups in total. The summed E-state index contributed by atoms with van der Waals surface area (Å²) in [5.74, 6) is 0.550. The van der Waals surface area contributed by atoms with Crippen LogP contribution in [0, 0.1) is 0 Å². The van der Waals surface area contributed by atoms with E-state index in [0.29, 0.717) is 63.8 Å². The van der Waals surface area contributed by atoms with Gasteiger partial charge in [-0.15, -0.1) is 0 Å². The number of hydrogen-bond donors (Lipinski definition) is 3. The third kappa shape index (κ3) is 6.66. The number of carbonyl (C=O) groups excluding carboxylic acids is 1. The SMILES string of the molecule is O=C1/C(=C/c2ccc(O)c(CN3CCOCC3)c2)CNC/C1=C\c1ccc(O)c(CN2CCOCC2)c1. The summed E-state index contributed by atoms with van der Waals surface area (Å²) in [5.41, 5.74) is 4.86. The topological polar surface area (TPSA) is 94.5 Å². The lowest BCUT2D eigenvalue weighted by molar-refractivity contribution is -0.112. The van der Waals surface area contributed by atoms with E-state index in [-0.39, 0.29) is 17.3 Å². The summed E-state index contributed by atoms with van der Waals surface area (Å²) in [7, 11) is 0. The molecule has 0 atom stereocenters. The van der Waals surface area contributed by atoms with E-state index in [0.717, 1.165) is 48.4 Å². The molecule has 0 unspecified atom stereocenters. The summed E-state index contributed by atoms with van der Waals surface area (Å²) in [4.78, 5) is 17.9. The minimum Gasteiger partial charge on any atom is -0.508 e. The molecule has 2 aromatic carbocycles. The van der Waals surface area contributed by atoms with Gasteiger partial charge in [-0.05, 0) is 47.5 Å². The van der Waals surface area contributed by atoms with Gasteiger partial charge in [0, 0.05) is 74.6 Å². The van der Waals surface area contributed by atoms with Crippen LogP contribution in [0.5, 0.6) is 11.5 Å². The number of carbonyl (C=O) groups is 1. The van der Waals surface area contributed by atoms with Gasteiger partial charge < -0.3 is 25.0 Å². The van der Waals surface area contributed by atoms with Gasteiger partial charge in [0.05, 0.1) is 26.4 Å². The molecule has 0 aromatic heterocycles. The van der Waals surface area contributed by atoms with E-state index in [1.165, 1.54) is 0 Å². The molecule has 3 heterocycles. The van der Waals surface area contributed by atoms with Crippen molar-refractivity contribution >= 4 is 17.9 Å². The molecular formula is C29H35N3O5. The number of ketones is 1. The van der Waals surface area contributed by atoms with Crippen molar-refractivity contribution in [3.05, 3.63) is 69.8 Å². The predicted molar refractivity (Wildman–Crippen MR) is 142 cm³/mol. The summed E-state index contributed by atoms with van der Waals surface area (Å²) in [6, 6.07) is 11.0. The fourth-order valence-electron chi connectivity index (χ4n) is 4.98. The zero-order valence-corrected chi connectivity index (χ0v) is 21.1. The Bertz CT molecular complexity index is 1090. The first kappa shape index (κ1) is 25.6. The normalized spacial score (nSPS) is 22.1. The first-order valence-corrected chi connectivity index (χ1v) is 13.0. The number of hydrogen-bond acceptors (Lipinski definition) is 8. The number of piperidine rings is 1. The van der Waals surface area contributed by atoms with E-state index in [4.69, 9.17) is 9.47 Å². The van der Waals surface area contributed by atoms with Crippen LogP contribution in [-0.4, -0.2) is 91.5 Å². The van der Waals surface area contributed by atoms with Crippen LogP contribution in [0.2, 0.25) is 0 Å². The Labute approximate surface area is 217 Å². The van der Waals surface area contributed by atoms with Gasteiger partial charge in [0.25, 0.3) is 0 Å². The number of ether oxygens (including phenoxy) is 2. The summed E-state index contributed by atoms with van der Waals surface area (Å²) < 4.78 is 10.8. The Balaban J connectivity index is 1.32. The number of morpholine rings is 2. The number of rotatable bonds is 6. The van der Waals surface area contributed by atoms with E-state index in [1.54, 1.807) is 12.1 Å². The van der Waals surface area contributed by atoms with Gasteiger partial charge in [-0.3, -0.25) is 14.6 Å². The van der Waals surface area contributed by atoms with Crippen molar-refractivity contribution in [2.45, 2.75) is 13.1 Å². The fourth-order valence-corrected chi connectivity index (χ4v) is 4.98. The van der Waals surface area contributed by atoms with Crippen LogP contribution in [-0.2, 0) is 27.4 Å². The summed E-state index contributed by atoms with van der Waals surface area (Å²) >= 11 is 0. The quantitative estimate of drug-likeness (QED) is 0.516. The predicted octanol–water partition coefficient (Wildman–Crippen LogP) is 2.40. The monoisotopic (exact) mass is 505 g/mol. The smallest absolute Gasteiger partial charge is 0.187 e. The van der Waals surface area contributed by atoms with Gasteiger partial charge in [-0.1, -0.05) is 12.1 Å². The molecule has 3 saturated heterocycles. The van der Waals surface area contributed by atoms with Crippen molar-refractivity contribution in [2.24, 2.45) is 0 Å². The molecule has 3 fully saturated rings. The Hall–Kier alpha value is -3.01. The highest BCUT2D eigenvalue weighted by Gasteiger charge is 2.21. The molecule has 3 aliphatic heterocycles. The average Bonchev–Trinajstić information content (AvgIpc) is 2.91. The Kier molecular flexibility index (Phi) is 8.33. The highest BCUT2D eigenvalue weighted by Crippen LogP contribution is 2.26. The number of nitrogens with zero attached hydrogens (tertiary/aromatic N) is 2. The highest BCUT2D eigenvalue weighted by molar-refractivity contribution is 6.14. The van der Waals surface area contributed by atoms with E-state index >= 15 is 0 Å². The number of benzene rings is 2. The van der Waals surface area contributed by atoms with Gasteiger partial charge in [0.1, 0.15) is 11.5 Å². The molecule has 8 nitrogen and oxygen atoms in total. The second kappa shape index (κ2) is 12.0. The van der Waals surface area contributed by atoms with Crippen molar-refractivity contribution in [1.82, 2.24) is 15.1 Å². The van der Waals surface area contributed by atoms with Crippen LogP contribution < -0.4 is 5.32 Å². The maximum Gasteiger partial charge on any atom is 0.187 e. The molecule has 8 heteroatoms.